The summed E-state index contributed by atoms with van der Waals surface area (Å²) >= 11 is 6.01. The molecule has 0 aromatic carbocycles. The maximum absolute atomic E-state index is 15.1. The molecule has 3 saturated heterocycles. The average Bonchev–Trinajstić information content (AvgIpc) is 3.58. The molecule has 5 heterocycles. The van der Waals surface area contributed by atoms with Crippen molar-refractivity contribution in [3.8, 4) is 6.01 Å². The second-order valence-electron chi connectivity index (χ2n) is 11.6. The van der Waals surface area contributed by atoms with E-state index in [-0.39, 0.29) is 28.1 Å². The Labute approximate surface area is 228 Å². The molecule has 0 N–H and O–H groups in total. The van der Waals surface area contributed by atoms with Crippen LogP contribution in [0.15, 0.2) is 18.5 Å². The van der Waals surface area contributed by atoms with Gasteiger partial charge in [0.05, 0.1) is 10.9 Å². The predicted octanol–water partition coefficient (Wildman–Crippen LogP) is 5.03. The second-order valence-corrected chi connectivity index (χ2v) is 11.9. The van der Waals surface area contributed by atoms with Crippen molar-refractivity contribution >= 4 is 34.4 Å². The van der Waals surface area contributed by atoms with E-state index in [1.165, 1.54) is 11.1 Å². The molecule has 0 saturated carbocycles. The summed E-state index contributed by atoms with van der Waals surface area (Å²) in [5.41, 5.74) is -0.422. The lowest BCUT2D eigenvalue weighted by Crippen LogP contribution is -2.43. The molecule has 206 valence electrons. The van der Waals surface area contributed by atoms with Gasteiger partial charge in [-0.2, -0.15) is 9.97 Å². The van der Waals surface area contributed by atoms with Crippen LogP contribution in [0.1, 0.15) is 52.9 Å². The van der Waals surface area contributed by atoms with Crippen LogP contribution in [0.2, 0.25) is 5.15 Å². The van der Waals surface area contributed by atoms with Gasteiger partial charge in [0.25, 0.3) is 0 Å². The Balaban J connectivity index is 1.35. The van der Waals surface area contributed by atoms with Gasteiger partial charge in [0.15, 0.2) is 11.0 Å². The maximum Gasteiger partial charge on any atom is 0.414 e. The number of fused-ring (bicyclic) bond motifs is 2. The first kappa shape index (κ1) is 26.9. The summed E-state index contributed by atoms with van der Waals surface area (Å²) in [6, 6.07) is 0.158. The highest BCUT2D eigenvalue weighted by molar-refractivity contribution is 6.30. The number of aromatic nitrogens is 3. The zero-order valence-corrected chi connectivity index (χ0v) is 23.3. The number of rotatable bonds is 6. The smallest absolute Gasteiger partial charge is 0.414 e. The highest BCUT2D eigenvalue weighted by Gasteiger charge is 2.45. The van der Waals surface area contributed by atoms with Crippen LogP contribution in [0, 0.1) is 11.7 Å². The summed E-state index contributed by atoms with van der Waals surface area (Å²) in [5.74, 6) is 0.0780. The van der Waals surface area contributed by atoms with Crippen molar-refractivity contribution in [3.63, 3.8) is 0 Å². The SMILES string of the molecule is CN(/C=C/C1CCN(c2nc(OCC34CCCN3CCC4)nc3c(F)c(Cl)ncc23)C1)C(=O)OC(C)(C)C. The molecule has 3 aliphatic rings. The zero-order valence-electron chi connectivity index (χ0n) is 22.5. The molecule has 2 aromatic heterocycles. The van der Waals surface area contributed by atoms with Crippen molar-refractivity contribution in [1.29, 1.82) is 0 Å². The third kappa shape index (κ3) is 5.52. The van der Waals surface area contributed by atoms with E-state index in [0.717, 1.165) is 45.2 Å². The topological polar surface area (TPSA) is 83.9 Å². The minimum atomic E-state index is -0.672. The largest absolute Gasteiger partial charge is 0.461 e. The number of pyridine rings is 1. The summed E-state index contributed by atoms with van der Waals surface area (Å²) < 4.78 is 26.6. The van der Waals surface area contributed by atoms with Crippen LogP contribution in [0.4, 0.5) is 15.0 Å². The molecular formula is C27H36ClFN6O3. The van der Waals surface area contributed by atoms with Gasteiger partial charge in [0.2, 0.25) is 0 Å². The predicted molar refractivity (Wildman–Crippen MR) is 144 cm³/mol. The van der Waals surface area contributed by atoms with E-state index in [9.17, 15) is 4.79 Å². The van der Waals surface area contributed by atoms with Crippen molar-refractivity contribution in [2.24, 2.45) is 5.92 Å². The second kappa shape index (κ2) is 10.4. The standard InChI is InChI=1S/C27H36ClFN6O3/c1-26(2,3)38-25(36)33(4)13-7-18-8-14-34(16-18)23-19-15-30-22(28)20(29)21(19)31-24(32-23)37-17-27-9-5-11-35(27)12-6-10-27/h7,13,15,18H,5-6,8-12,14,16-17H2,1-4H3/b13-7+. The van der Waals surface area contributed by atoms with Gasteiger partial charge in [-0.1, -0.05) is 17.7 Å². The molecule has 11 heteroatoms. The number of carbonyl (C=O) groups is 1. The van der Waals surface area contributed by atoms with E-state index in [1.807, 2.05) is 26.8 Å². The van der Waals surface area contributed by atoms with Gasteiger partial charge in [-0.25, -0.2) is 14.2 Å². The summed E-state index contributed by atoms with van der Waals surface area (Å²) in [5, 5.41) is 0.271. The Morgan fingerprint density at radius 1 is 1.26 bits per heavy atom. The van der Waals surface area contributed by atoms with Crippen LogP contribution < -0.4 is 9.64 Å². The molecule has 1 unspecified atom stereocenters. The van der Waals surface area contributed by atoms with Gasteiger partial charge < -0.3 is 14.4 Å². The normalized spacial score (nSPS) is 21.4. The van der Waals surface area contributed by atoms with Crippen LogP contribution in [-0.4, -0.2) is 81.8 Å². The molecular weight excluding hydrogens is 511 g/mol. The first-order chi connectivity index (χ1) is 18.0. The van der Waals surface area contributed by atoms with Crippen LogP contribution in [-0.2, 0) is 4.74 Å². The van der Waals surface area contributed by atoms with E-state index in [2.05, 4.69) is 19.8 Å². The zero-order chi connectivity index (χ0) is 27.1. The first-order valence-corrected chi connectivity index (χ1v) is 13.7. The molecule has 38 heavy (non-hydrogen) atoms. The number of halogens is 2. The Morgan fingerprint density at radius 2 is 2.00 bits per heavy atom. The Hall–Kier alpha value is -2.72. The van der Waals surface area contributed by atoms with Gasteiger partial charge in [-0.15, -0.1) is 0 Å². The number of hydrogen-bond donors (Lipinski definition) is 0. The third-order valence-electron chi connectivity index (χ3n) is 7.67. The average molecular weight is 547 g/mol. The van der Waals surface area contributed by atoms with Gasteiger partial charge in [-0.3, -0.25) is 9.80 Å². The minimum absolute atomic E-state index is 0.0244. The summed E-state index contributed by atoms with van der Waals surface area (Å²) in [6.45, 7) is 9.53. The molecule has 0 radical (unpaired) electrons. The number of ether oxygens (including phenoxy) is 2. The lowest BCUT2D eigenvalue weighted by molar-refractivity contribution is 0.0371. The molecule has 0 spiro atoms. The highest BCUT2D eigenvalue weighted by Crippen LogP contribution is 2.39. The summed E-state index contributed by atoms with van der Waals surface area (Å²) in [4.78, 5) is 31.5. The van der Waals surface area contributed by atoms with Crippen LogP contribution >= 0.6 is 11.6 Å². The fourth-order valence-corrected chi connectivity index (χ4v) is 5.89. The van der Waals surface area contributed by atoms with E-state index < -0.39 is 17.5 Å². The number of carbonyl (C=O) groups excluding carboxylic acids is 1. The van der Waals surface area contributed by atoms with Gasteiger partial charge >= 0.3 is 12.1 Å². The lowest BCUT2D eigenvalue weighted by atomic mass is 9.95. The highest BCUT2D eigenvalue weighted by atomic mass is 35.5. The molecule has 1 atom stereocenters. The number of amides is 1. The molecule has 3 fully saturated rings. The molecule has 3 aliphatic heterocycles. The van der Waals surface area contributed by atoms with E-state index in [4.69, 9.17) is 26.1 Å². The summed E-state index contributed by atoms with van der Waals surface area (Å²) in [7, 11) is 1.67. The maximum atomic E-state index is 15.1. The van der Waals surface area contributed by atoms with Gasteiger partial charge in [-0.05, 0) is 71.9 Å². The Bertz CT molecular complexity index is 1230. The quantitative estimate of drug-likeness (QED) is 0.466. The third-order valence-corrected chi connectivity index (χ3v) is 7.93. The fraction of sp³-hybridized carbons (Fsp3) is 0.630. The Morgan fingerprint density at radius 3 is 2.71 bits per heavy atom. The number of nitrogens with zero attached hydrogens (tertiary/aromatic N) is 6. The van der Waals surface area contributed by atoms with E-state index in [0.29, 0.717) is 30.9 Å². The van der Waals surface area contributed by atoms with Crippen molar-refractivity contribution in [2.75, 3.05) is 44.7 Å². The molecule has 0 bridgehead atoms. The van der Waals surface area contributed by atoms with Gasteiger partial charge in [0, 0.05) is 32.5 Å². The van der Waals surface area contributed by atoms with Crippen LogP contribution in [0.5, 0.6) is 6.01 Å². The molecule has 2 aromatic rings. The van der Waals surface area contributed by atoms with Gasteiger partial charge in [0.1, 0.15) is 23.5 Å². The Kier molecular flexibility index (Phi) is 7.39. The van der Waals surface area contributed by atoms with Crippen LogP contribution in [0.3, 0.4) is 0 Å². The van der Waals surface area contributed by atoms with Crippen molar-refractivity contribution in [1.82, 2.24) is 24.8 Å². The number of anilines is 1. The van der Waals surface area contributed by atoms with Crippen molar-refractivity contribution in [3.05, 3.63) is 29.4 Å². The van der Waals surface area contributed by atoms with E-state index >= 15 is 4.39 Å². The van der Waals surface area contributed by atoms with Crippen molar-refractivity contribution in [2.45, 2.75) is 64.0 Å². The summed E-state index contributed by atoms with van der Waals surface area (Å²) in [6.07, 6.45) is 10.2. The monoisotopic (exact) mass is 546 g/mol. The first-order valence-electron chi connectivity index (χ1n) is 13.3. The minimum Gasteiger partial charge on any atom is -0.461 e. The fourth-order valence-electron chi connectivity index (χ4n) is 5.75. The lowest BCUT2D eigenvalue weighted by Gasteiger charge is -2.31. The molecule has 1 amide bonds. The van der Waals surface area contributed by atoms with Crippen molar-refractivity contribution < 1.29 is 18.7 Å². The molecule has 0 aliphatic carbocycles. The number of hydrogen-bond acceptors (Lipinski definition) is 8. The van der Waals surface area contributed by atoms with E-state index in [1.54, 1.807) is 13.2 Å². The van der Waals surface area contributed by atoms with Crippen LogP contribution in [0.25, 0.3) is 10.9 Å². The molecule has 5 rings (SSSR count). The molecule has 9 nitrogen and oxygen atoms in total.